The second-order valence-electron chi connectivity index (χ2n) is 9.19. The number of carbonyl (C=O) groups is 2. The molecule has 6 heteroatoms. The second kappa shape index (κ2) is 8.85. The Kier molecular flexibility index (Phi) is 5.77. The molecule has 1 aliphatic carbocycles. The number of amides is 2. The van der Waals surface area contributed by atoms with E-state index in [1.165, 1.54) is 5.56 Å². The summed E-state index contributed by atoms with van der Waals surface area (Å²) >= 11 is 0. The molecular weight excluding hydrogens is 404 g/mol. The van der Waals surface area contributed by atoms with Crippen LogP contribution in [-0.2, 0) is 16.0 Å². The van der Waals surface area contributed by atoms with Crippen LogP contribution in [0, 0.1) is 11.3 Å². The molecule has 168 valence electrons. The van der Waals surface area contributed by atoms with E-state index in [4.69, 9.17) is 9.47 Å². The number of ether oxygens (including phenoxy) is 2. The summed E-state index contributed by atoms with van der Waals surface area (Å²) in [5.74, 6) is 1.56. The molecule has 2 heterocycles. The van der Waals surface area contributed by atoms with Gasteiger partial charge in [-0.05, 0) is 55.2 Å². The Hall–Kier alpha value is -3.02. The summed E-state index contributed by atoms with van der Waals surface area (Å²) in [4.78, 5) is 27.5. The lowest BCUT2D eigenvalue weighted by Gasteiger charge is -2.36. The van der Waals surface area contributed by atoms with Crippen LogP contribution in [0.25, 0.3) is 0 Å². The van der Waals surface area contributed by atoms with Crippen molar-refractivity contribution in [1.82, 2.24) is 10.2 Å². The topological polar surface area (TPSA) is 67.9 Å². The van der Waals surface area contributed by atoms with Crippen LogP contribution >= 0.6 is 0 Å². The van der Waals surface area contributed by atoms with Gasteiger partial charge in [0.15, 0.2) is 11.5 Å². The average Bonchev–Trinajstić information content (AvgIpc) is 3.55. The van der Waals surface area contributed by atoms with Crippen LogP contribution < -0.4 is 14.8 Å². The Labute approximate surface area is 188 Å². The molecule has 2 amide bonds. The highest BCUT2D eigenvalue weighted by molar-refractivity contribution is 5.84. The highest BCUT2D eigenvalue weighted by atomic mass is 16.6. The van der Waals surface area contributed by atoms with Crippen molar-refractivity contribution in [1.29, 1.82) is 0 Å². The zero-order valence-electron chi connectivity index (χ0n) is 18.3. The normalized spacial score (nSPS) is 22.9. The Morgan fingerprint density at radius 3 is 2.50 bits per heavy atom. The van der Waals surface area contributed by atoms with Crippen LogP contribution in [0.15, 0.2) is 54.6 Å². The molecule has 5 rings (SSSR count). The van der Waals surface area contributed by atoms with Crippen LogP contribution in [0.1, 0.15) is 31.2 Å². The van der Waals surface area contributed by atoms with Gasteiger partial charge in [0.1, 0.15) is 6.61 Å². The van der Waals surface area contributed by atoms with Crippen LogP contribution in [0.5, 0.6) is 11.5 Å². The minimum Gasteiger partial charge on any atom is -0.485 e. The molecule has 2 aliphatic heterocycles. The lowest BCUT2D eigenvalue weighted by Crippen LogP contribution is -2.49. The van der Waals surface area contributed by atoms with Gasteiger partial charge in [-0.25, -0.2) is 0 Å². The molecule has 0 unspecified atom stereocenters. The number of carbonyl (C=O) groups excluding carboxylic acids is 2. The third kappa shape index (κ3) is 4.31. The molecule has 0 radical (unpaired) electrons. The average molecular weight is 435 g/mol. The highest BCUT2D eigenvalue weighted by Gasteiger charge is 2.58. The SMILES string of the molecule is O=C(NCCCc1ccccc1)[C@@H]1CC12CCN(C(=O)[C@@H]1COc3ccccc3O1)CC2. The summed E-state index contributed by atoms with van der Waals surface area (Å²) in [5, 5.41) is 3.13. The van der Waals surface area contributed by atoms with Crippen molar-refractivity contribution in [3.63, 3.8) is 0 Å². The Bertz CT molecular complexity index is 969. The lowest BCUT2D eigenvalue weighted by molar-refractivity contribution is -0.142. The molecule has 32 heavy (non-hydrogen) atoms. The third-order valence-electron chi connectivity index (χ3n) is 7.15. The first-order valence-corrected chi connectivity index (χ1v) is 11.6. The number of para-hydroxylation sites is 2. The van der Waals surface area contributed by atoms with Gasteiger partial charge in [-0.3, -0.25) is 9.59 Å². The van der Waals surface area contributed by atoms with E-state index in [0.717, 1.165) is 32.1 Å². The predicted octanol–water partition coefficient (Wildman–Crippen LogP) is 3.20. The minimum absolute atomic E-state index is 0.0167. The Morgan fingerprint density at radius 2 is 1.72 bits per heavy atom. The second-order valence-corrected chi connectivity index (χ2v) is 9.19. The van der Waals surface area contributed by atoms with Gasteiger partial charge < -0.3 is 19.7 Å². The fourth-order valence-electron chi connectivity index (χ4n) is 5.06. The number of aryl methyl sites for hydroxylation is 1. The van der Waals surface area contributed by atoms with Crippen molar-refractivity contribution >= 4 is 11.8 Å². The molecule has 1 saturated heterocycles. The smallest absolute Gasteiger partial charge is 0.267 e. The number of benzene rings is 2. The monoisotopic (exact) mass is 434 g/mol. The van der Waals surface area contributed by atoms with Gasteiger partial charge in [0.2, 0.25) is 12.0 Å². The van der Waals surface area contributed by atoms with Crippen molar-refractivity contribution < 1.29 is 19.1 Å². The van der Waals surface area contributed by atoms with E-state index in [1.54, 1.807) is 0 Å². The van der Waals surface area contributed by atoms with Gasteiger partial charge in [0, 0.05) is 25.6 Å². The van der Waals surface area contributed by atoms with Gasteiger partial charge in [-0.1, -0.05) is 42.5 Å². The van der Waals surface area contributed by atoms with Gasteiger partial charge >= 0.3 is 0 Å². The zero-order valence-corrected chi connectivity index (χ0v) is 18.3. The summed E-state index contributed by atoms with van der Waals surface area (Å²) in [5.41, 5.74) is 1.38. The number of rotatable bonds is 6. The molecule has 0 aromatic heterocycles. The first-order valence-electron chi connectivity index (χ1n) is 11.6. The highest BCUT2D eigenvalue weighted by Crippen LogP contribution is 2.59. The maximum Gasteiger partial charge on any atom is 0.267 e. The van der Waals surface area contributed by atoms with Crippen molar-refractivity contribution in [3.05, 3.63) is 60.2 Å². The maximum atomic E-state index is 12.9. The predicted molar refractivity (Wildman–Crippen MR) is 120 cm³/mol. The molecule has 0 bridgehead atoms. The fraction of sp³-hybridized carbons (Fsp3) is 0.462. The van der Waals surface area contributed by atoms with Crippen molar-refractivity contribution in [2.24, 2.45) is 11.3 Å². The van der Waals surface area contributed by atoms with E-state index in [0.29, 0.717) is 31.1 Å². The number of fused-ring (bicyclic) bond motifs is 1. The quantitative estimate of drug-likeness (QED) is 0.709. The molecule has 2 fully saturated rings. The maximum absolute atomic E-state index is 12.9. The molecular formula is C26H30N2O4. The number of hydrogen-bond donors (Lipinski definition) is 1. The number of likely N-dealkylation sites (tertiary alicyclic amines) is 1. The summed E-state index contributed by atoms with van der Waals surface area (Å²) in [6.45, 7) is 2.31. The van der Waals surface area contributed by atoms with Crippen LogP contribution in [0.4, 0.5) is 0 Å². The molecule has 2 aromatic rings. The third-order valence-corrected chi connectivity index (χ3v) is 7.15. The van der Waals surface area contributed by atoms with E-state index < -0.39 is 6.10 Å². The molecule has 2 atom stereocenters. The van der Waals surface area contributed by atoms with Crippen LogP contribution in [0.2, 0.25) is 0 Å². The van der Waals surface area contributed by atoms with Gasteiger partial charge in [0.25, 0.3) is 5.91 Å². The van der Waals surface area contributed by atoms with Gasteiger partial charge in [-0.2, -0.15) is 0 Å². The van der Waals surface area contributed by atoms with Gasteiger partial charge in [-0.15, -0.1) is 0 Å². The summed E-state index contributed by atoms with van der Waals surface area (Å²) < 4.78 is 11.6. The van der Waals surface area contributed by atoms with E-state index in [2.05, 4.69) is 17.4 Å². The van der Waals surface area contributed by atoms with Gasteiger partial charge in [0.05, 0.1) is 0 Å². The summed E-state index contributed by atoms with van der Waals surface area (Å²) in [7, 11) is 0. The Morgan fingerprint density at radius 1 is 1.00 bits per heavy atom. The largest absolute Gasteiger partial charge is 0.485 e. The van der Waals surface area contributed by atoms with E-state index in [1.807, 2.05) is 47.4 Å². The zero-order chi connectivity index (χ0) is 22.0. The van der Waals surface area contributed by atoms with E-state index in [-0.39, 0.29) is 29.8 Å². The van der Waals surface area contributed by atoms with Crippen LogP contribution in [0.3, 0.4) is 0 Å². The first kappa shape index (κ1) is 20.9. The summed E-state index contributed by atoms with van der Waals surface area (Å²) in [6.07, 6.45) is 4.03. The molecule has 1 N–H and O–H groups in total. The number of hydrogen-bond acceptors (Lipinski definition) is 4. The van der Waals surface area contributed by atoms with Crippen molar-refractivity contribution in [2.45, 2.75) is 38.2 Å². The molecule has 1 spiro atoms. The number of nitrogens with one attached hydrogen (secondary N) is 1. The first-order chi connectivity index (χ1) is 15.6. The summed E-state index contributed by atoms with van der Waals surface area (Å²) in [6, 6.07) is 17.8. The van der Waals surface area contributed by atoms with Crippen LogP contribution in [-0.4, -0.2) is 49.1 Å². The standard InChI is InChI=1S/C26H30N2O4/c29-24(27-14-6-9-19-7-2-1-3-8-19)20-17-26(20)12-15-28(16-13-26)25(30)23-18-31-21-10-4-5-11-22(21)32-23/h1-5,7-8,10-11,20,23H,6,9,12-18H2,(H,27,29)/t20-,23-/m0/s1. The van der Waals surface area contributed by atoms with E-state index in [9.17, 15) is 9.59 Å². The molecule has 2 aromatic carbocycles. The Balaban J connectivity index is 1.05. The number of nitrogens with zero attached hydrogens (tertiary/aromatic N) is 1. The minimum atomic E-state index is -0.595. The van der Waals surface area contributed by atoms with Crippen molar-refractivity contribution in [3.8, 4) is 11.5 Å². The fourth-order valence-corrected chi connectivity index (χ4v) is 5.06. The molecule has 1 saturated carbocycles. The van der Waals surface area contributed by atoms with E-state index >= 15 is 0 Å². The molecule has 3 aliphatic rings. The molecule has 6 nitrogen and oxygen atoms in total. The lowest BCUT2D eigenvalue weighted by atomic mass is 9.90. The van der Waals surface area contributed by atoms with Crippen molar-refractivity contribution in [2.75, 3.05) is 26.2 Å². The number of piperidine rings is 1.